The number of rotatable bonds is 15. The van der Waals surface area contributed by atoms with E-state index in [2.05, 4.69) is 46.5 Å². The van der Waals surface area contributed by atoms with Crippen LogP contribution in [0.15, 0.2) is 91.0 Å². The van der Waals surface area contributed by atoms with Crippen molar-refractivity contribution in [2.45, 2.75) is 26.9 Å². The number of carboxylic acid groups (broad SMARTS) is 1. The number of aryl methyl sites for hydroxylation is 2. The molecule has 2 aromatic heterocycles. The van der Waals surface area contributed by atoms with E-state index in [0.29, 0.717) is 65.4 Å². The molecule has 5 amide bonds. The number of hydrogen-bond acceptors (Lipinski definition) is 12. The molecule has 6 N–H and O–H groups in total. The fraction of sp³-hybridized carbons (Fsp3) is 0.222. The van der Waals surface area contributed by atoms with Crippen molar-refractivity contribution in [2.24, 2.45) is 0 Å². The Morgan fingerprint density at radius 3 is 1.44 bits per heavy atom. The zero-order valence-corrected chi connectivity index (χ0v) is 42.8. The molecule has 9 rings (SSSR count). The maximum atomic E-state index is 14.9. The Morgan fingerprint density at radius 1 is 0.577 bits per heavy atom. The predicted octanol–water partition coefficient (Wildman–Crippen LogP) is 9.36. The zero-order valence-electron chi connectivity index (χ0n) is 42.8. The maximum Gasteiger partial charge on any atom is 0.335 e. The van der Waals surface area contributed by atoms with Crippen LogP contribution in [0.5, 0.6) is 0 Å². The number of urea groups is 2. The number of amides is 5. The number of likely N-dealkylation sites (N-methyl/N-ethyl adjacent to an activating group) is 2. The Labute approximate surface area is 443 Å². The number of aromatic carboxylic acids is 1. The summed E-state index contributed by atoms with van der Waals surface area (Å²) in [5, 5.41) is 23.5. The number of carbonyl (C=O) groups is 4. The first-order valence-electron chi connectivity index (χ1n) is 24.0. The molecule has 0 unspecified atom stereocenters. The van der Waals surface area contributed by atoms with E-state index in [1.165, 1.54) is 30.3 Å². The van der Waals surface area contributed by atoms with Crippen LogP contribution in [-0.4, -0.2) is 113 Å². The summed E-state index contributed by atoms with van der Waals surface area (Å²) in [6, 6.07) is 17.5. The van der Waals surface area contributed by atoms with Crippen molar-refractivity contribution in [2.75, 3.05) is 80.1 Å². The lowest BCUT2D eigenvalue weighted by atomic mass is 9.97. The quantitative estimate of drug-likeness (QED) is 0.0529. The van der Waals surface area contributed by atoms with E-state index in [4.69, 9.17) is 0 Å². The van der Waals surface area contributed by atoms with Gasteiger partial charge in [0, 0.05) is 65.8 Å². The molecule has 18 nitrogen and oxygen atoms in total. The number of benzene rings is 5. The largest absolute Gasteiger partial charge is 0.478 e. The highest BCUT2D eigenvalue weighted by Gasteiger charge is 2.36. The molecule has 2 aliphatic rings. The maximum absolute atomic E-state index is 14.9. The van der Waals surface area contributed by atoms with Crippen molar-refractivity contribution < 1.29 is 50.6 Å². The lowest BCUT2D eigenvalue weighted by Crippen LogP contribution is -2.43. The van der Waals surface area contributed by atoms with E-state index in [1.54, 1.807) is 38.1 Å². The third-order valence-corrected chi connectivity index (χ3v) is 12.3. The fourth-order valence-electron chi connectivity index (χ4n) is 8.33. The second kappa shape index (κ2) is 23.4. The minimum Gasteiger partial charge on any atom is -0.478 e. The molecular weight excluding hydrogens is 1020 g/mol. The minimum absolute atomic E-state index is 0.00914. The van der Waals surface area contributed by atoms with Gasteiger partial charge in [-0.05, 0) is 114 Å². The minimum atomic E-state index is -1.11. The van der Waals surface area contributed by atoms with Gasteiger partial charge in [-0.2, -0.15) is 9.97 Å². The van der Waals surface area contributed by atoms with Crippen molar-refractivity contribution >= 4 is 64.5 Å². The lowest BCUT2D eigenvalue weighted by molar-refractivity contribution is 0.0696. The smallest absolute Gasteiger partial charge is 0.335 e. The molecule has 24 heteroatoms. The highest BCUT2D eigenvalue weighted by atomic mass is 19.2. The Morgan fingerprint density at radius 2 is 1.01 bits per heavy atom. The molecule has 5 aromatic carbocycles. The highest BCUT2D eigenvalue weighted by Crippen LogP contribution is 2.41. The van der Waals surface area contributed by atoms with E-state index in [1.807, 2.05) is 38.0 Å². The zero-order chi connectivity index (χ0) is 56.1. The predicted molar refractivity (Wildman–Crippen MR) is 281 cm³/mol. The highest BCUT2D eigenvalue weighted by molar-refractivity contribution is 6.06. The molecule has 4 heterocycles. The number of carbonyl (C=O) groups excluding carboxylic acids is 3. The van der Waals surface area contributed by atoms with Crippen LogP contribution >= 0.6 is 0 Å². The standard InChI is InChI=1S/C30H27F4N7O2.C24H24F2N6O3/c1-16-7-8-17(28(42)37-18-9-10-21(31)24(34)14-18)13-19(16)25-20-15-36-30(43)41(26-22(32)5-4-6-23(26)33)27(20)39-29(38-25)35-11-12-40(2)3;1-13-7-8-14(22(33)34)11-15(13)19-16-12-28-24(35)32(20-17(25)5-4-6-18(20)26)21(16)30-23(29-19)27-9-10-31(2)3/h4-10,13-14H,11-12,15H2,1-3H3,(H,36,43)(H,37,42)(H,35,38,39);4-8,11H,9-10,12H2,1-3H3,(H,28,35)(H,33,34)(H,27,29,30). The van der Waals surface area contributed by atoms with E-state index >= 15 is 0 Å². The van der Waals surface area contributed by atoms with Crippen molar-refractivity contribution in [3.05, 3.63) is 159 Å². The summed E-state index contributed by atoms with van der Waals surface area (Å²) in [6.07, 6.45) is 0. The number of fused-ring (bicyclic) bond motifs is 2. The topological polar surface area (TPSA) is 213 Å². The van der Waals surface area contributed by atoms with Gasteiger partial charge in [-0.3, -0.25) is 4.79 Å². The molecule has 78 heavy (non-hydrogen) atoms. The second-order valence-corrected chi connectivity index (χ2v) is 18.4. The molecule has 0 atom stereocenters. The first-order chi connectivity index (χ1) is 37.2. The van der Waals surface area contributed by atoms with Crippen LogP contribution in [0.4, 0.5) is 76.5 Å². The normalized spacial score (nSPS) is 12.8. The van der Waals surface area contributed by atoms with Crippen LogP contribution in [0.25, 0.3) is 22.5 Å². The second-order valence-electron chi connectivity index (χ2n) is 18.4. The SMILES string of the molecule is Cc1ccc(C(=O)Nc2ccc(F)c(F)c2)cc1-c1nc(NCCN(C)C)nc2c1CNC(=O)N2c1c(F)cccc1F.Cc1ccc(C(=O)O)cc1-c1nc(NCCN(C)C)nc2c1CNC(=O)N2c1c(F)cccc1F. The van der Waals surface area contributed by atoms with Crippen LogP contribution in [0.1, 0.15) is 43.0 Å². The molecular formula is C54H51F6N13O5. The van der Waals surface area contributed by atoms with Crippen molar-refractivity contribution in [3.63, 3.8) is 0 Å². The van der Waals surface area contributed by atoms with Gasteiger partial charge in [0.15, 0.2) is 23.3 Å². The molecule has 7 aromatic rings. The van der Waals surface area contributed by atoms with Crippen LogP contribution in [0.2, 0.25) is 0 Å². The fourth-order valence-corrected chi connectivity index (χ4v) is 8.33. The summed E-state index contributed by atoms with van der Waals surface area (Å²) in [4.78, 5) is 74.4. The summed E-state index contributed by atoms with van der Waals surface area (Å²) in [7, 11) is 7.56. The molecule has 0 bridgehead atoms. The molecule has 2 aliphatic heterocycles. The van der Waals surface area contributed by atoms with Crippen LogP contribution in [0, 0.1) is 48.8 Å². The summed E-state index contributed by atoms with van der Waals surface area (Å²) in [5.41, 5.74) is 2.98. The van der Waals surface area contributed by atoms with E-state index in [9.17, 15) is 50.6 Å². The lowest BCUT2D eigenvalue weighted by Gasteiger charge is -2.31. The molecule has 404 valence electrons. The Kier molecular flexibility index (Phi) is 16.5. The molecule has 0 radical (unpaired) electrons. The number of carboxylic acids is 1. The first kappa shape index (κ1) is 55.1. The summed E-state index contributed by atoms with van der Waals surface area (Å²) < 4.78 is 86.4. The van der Waals surface area contributed by atoms with Gasteiger partial charge in [0.1, 0.15) is 34.6 Å². The Bertz CT molecular complexity index is 3450. The number of aromatic nitrogens is 4. The van der Waals surface area contributed by atoms with Gasteiger partial charge in [-0.1, -0.05) is 24.3 Å². The van der Waals surface area contributed by atoms with Gasteiger partial charge in [0.2, 0.25) is 11.9 Å². The Hall–Kier alpha value is -9.16. The van der Waals surface area contributed by atoms with E-state index in [-0.39, 0.29) is 53.4 Å². The molecule has 0 spiro atoms. The number of nitrogens with zero attached hydrogens (tertiary/aromatic N) is 8. The number of halogens is 6. The van der Waals surface area contributed by atoms with Crippen LogP contribution < -0.4 is 36.4 Å². The van der Waals surface area contributed by atoms with Gasteiger partial charge < -0.3 is 41.5 Å². The van der Waals surface area contributed by atoms with Gasteiger partial charge in [-0.25, -0.2) is 60.5 Å². The number of nitrogens with one attached hydrogen (secondary N) is 5. The molecule has 0 fully saturated rings. The van der Waals surface area contributed by atoms with Gasteiger partial charge in [-0.15, -0.1) is 0 Å². The van der Waals surface area contributed by atoms with E-state index in [0.717, 1.165) is 51.8 Å². The number of anilines is 7. The molecule has 0 aliphatic carbocycles. The summed E-state index contributed by atoms with van der Waals surface area (Å²) >= 11 is 0. The third-order valence-electron chi connectivity index (χ3n) is 12.3. The van der Waals surface area contributed by atoms with Gasteiger partial charge in [0.05, 0.1) is 30.0 Å². The third kappa shape index (κ3) is 11.9. The number of para-hydroxylation sites is 2. The monoisotopic (exact) mass is 1080 g/mol. The number of hydrogen-bond donors (Lipinski definition) is 6. The molecule has 0 saturated heterocycles. The Balaban J connectivity index is 0.000000210. The van der Waals surface area contributed by atoms with E-state index < -0.39 is 70.2 Å². The average Bonchev–Trinajstić information content (AvgIpc) is 3.46. The van der Waals surface area contributed by atoms with Crippen molar-refractivity contribution in [1.29, 1.82) is 0 Å². The summed E-state index contributed by atoms with van der Waals surface area (Å²) in [6.45, 7) is 5.65. The molecule has 0 saturated carbocycles. The van der Waals surface area contributed by atoms with Gasteiger partial charge >= 0.3 is 18.0 Å². The van der Waals surface area contributed by atoms with Crippen LogP contribution in [0.3, 0.4) is 0 Å². The first-order valence-corrected chi connectivity index (χ1v) is 24.0. The average molecular weight is 1080 g/mol. The summed E-state index contributed by atoms with van der Waals surface area (Å²) in [5.74, 6) is -7.42. The van der Waals surface area contributed by atoms with Crippen molar-refractivity contribution in [3.8, 4) is 22.5 Å². The van der Waals surface area contributed by atoms with Crippen molar-refractivity contribution in [1.82, 2.24) is 40.4 Å². The van der Waals surface area contributed by atoms with Gasteiger partial charge in [0.25, 0.3) is 5.91 Å². The van der Waals surface area contributed by atoms with Crippen LogP contribution in [-0.2, 0) is 13.1 Å².